The van der Waals surface area contributed by atoms with Gasteiger partial charge in [-0.3, -0.25) is 0 Å². The van der Waals surface area contributed by atoms with E-state index in [1.165, 1.54) is 68.0 Å². The molecule has 1 unspecified atom stereocenters. The van der Waals surface area contributed by atoms with Crippen molar-refractivity contribution in [1.29, 1.82) is 0 Å². The molecule has 4 rings (SSSR count). The number of allylic oxidation sites excluding steroid dienone is 4. The van der Waals surface area contributed by atoms with Gasteiger partial charge in [-0.25, -0.2) is 18.1 Å². The summed E-state index contributed by atoms with van der Waals surface area (Å²) in [5.74, 6) is 0.884. The molecule has 1 saturated carbocycles. The van der Waals surface area contributed by atoms with Crippen LogP contribution in [0.1, 0.15) is 58.8 Å². The number of unbranched alkanes of at least 4 members (excludes halogenated alkanes) is 2. The van der Waals surface area contributed by atoms with Gasteiger partial charge < -0.3 is 24.8 Å². The van der Waals surface area contributed by atoms with E-state index in [0.29, 0.717) is 0 Å². The van der Waals surface area contributed by atoms with Gasteiger partial charge >= 0.3 is 21.7 Å². The smallest absolute Gasteiger partial charge is 1.00 e. The second-order valence-corrected chi connectivity index (χ2v) is 10.3. The van der Waals surface area contributed by atoms with Crippen LogP contribution >= 0.6 is 7.92 Å². The first-order chi connectivity index (χ1) is 13.3. The van der Waals surface area contributed by atoms with E-state index in [1.54, 1.807) is 10.9 Å². The molecule has 2 aliphatic rings. The zero-order valence-electron chi connectivity index (χ0n) is 18.4. The average Bonchev–Trinajstić information content (AvgIpc) is 3.35. The van der Waals surface area contributed by atoms with Crippen LogP contribution in [0.3, 0.4) is 0 Å². The van der Waals surface area contributed by atoms with Gasteiger partial charge in [0, 0.05) is 0 Å². The van der Waals surface area contributed by atoms with Gasteiger partial charge in [0.1, 0.15) is 0 Å². The Bertz CT molecular complexity index is 724. The summed E-state index contributed by atoms with van der Waals surface area (Å²) >= 11 is 0. The first-order valence-electron chi connectivity index (χ1n) is 10.9. The molecule has 2 aromatic carbocycles. The molecule has 2 aliphatic carbocycles. The summed E-state index contributed by atoms with van der Waals surface area (Å²) in [6, 6.07) is 13.6. The Hall–Kier alpha value is -0.0957. The predicted molar refractivity (Wildman–Crippen MR) is 125 cm³/mol. The SMILES string of the molecule is C1=CCC2CC[CH-]C2=C1.CCCCP(CCCC)c1cc2ccccc2[cH-]1.[Cl-].[Cl-].[Ti+4]. The Labute approximate surface area is 213 Å². The Morgan fingerprint density at radius 1 is 1.03 bits per heavy atom. The number of halogens is 2. The monoisotopic (exact) mass is 496 g/mol. The molecule has 0 aromatic heterocycles. The van der Waals surface area contributed by atoms with Gasteiger partial charge in [-0.05, 0) is 37.5 Å². The normalized spacial score (nSPS) is 16.2. The van der Waals surface area contributed by atoms with E-state index >= 15 is 0 Å². The van der Waals surface area contributed by atoms with E-state index in [4.69, 9.17) is 0 Å². The van der Waals surface area contributed by atoms with Crippen LogP contribution in [0.2, 0.25) is 0 Å². The fourth-order valence-electron chi connectivity index (χ4n) is 4.05. The van der Waals surface area contributed by atoms with E-state index in [0.717, 1.165) is 5.92 Å². The molecule has 162 valence electrons. The third-order valence-electron chi connectivity index (χ3n) is 5.74. The van der Waals surface area contributed by atoms with Crippen molar-refractivity contribution in [1.82, 2.24) is 0 Å². The third kappa shape index (κ3) is 8.80. The van der Waals surface area contributed by atoms with Crippen LogP contribution in [0.25, 0.3) is 10.8 Å². The predicted octanol–water partition coefficient (Wildman–Crippen LogP) is 1.76. The van der Waals surface area contributed by atoms with E-state index in [9.17, 15) is 0 Å². The molecule has 1 fully saturated rings. The minimum atomic E-state index is 0. The van der Waals surface area contributed by atoms with Crippen molar-refractivity contribution in [3.63, 3.8) is 0 Å². The van der Waals surface area contributed by atoms with E-state index in [2.05, 4.69) is 74.9 Å². The summed E-state index contributed by atoms with van der Waals surface area (Å²) in [6.07, 6.45) is 21.3. The molecule has 0 heterocycles. The van der Waals surface area contributed by atoms with Crippen molar-refractivity contribution >= 4 is 24.0 Å². The summed E-state index contributed by atoms with van der Waals surface area (Å²) in [4.78, 5) is 0. The minimum Gasteiger partial charge on any atom is -1.00 e. The van der Waals surface area contributed by atoms with Crippen LogP contribution in [0.4, 0.5) is 0 Å². The largest absolute Gasteiger partial charge is 4.00 e. The van der Waals surface area contributed by atoms with Crippen molar-refractivity contribution in [2.24, 2.45) is 5.92 Å². The zero-order chi connectivity index (χ0) is 18.9. The van der Waals surface area contributed by atoms with Crippen molar-refractivity contribution in [2.45, 2.75) is 58.8 Å². The summed E-state index contributed by atoms with van der Waals surface area (Å²) in [6.45, 7) is 4.60. The van der Waals surface area contributed by atoms with Crippen molar-refractivity contribution in [3.05, 3.63) is 66.6 Å². The van der Waals surface area contributed by atoms with Crippen LogP contribution < -0.4 is 30.1 Å². The van der Waals surface area contributed by atoms with Crippen LogP contribution in [-0.4, -0.2) is 12.3 Å². The van der Waals surface area contributed by atoms with Crippen LogP contribution in [0, 0.1) is 12.3 Å². The van der Waals surface area contributed by atoms with Crippen LogP contribution in [0.15, 0.2) is 60.2 Å². The van der Waals surface area contributed by atoms with Gasteiger partial charge in [-0.2, -0.15) is 6.07 Å². The first kappa shape index (κ1) is 29.9. The number of fused-ring (bicyclic) bond motifs is 2. The molecule has 0 amide bonds. The van der Waals surface area contributed by atoms with Gasteiger partial charge in [-0.15, -0.1) is 58.9 Å². The molecule has 4 heteroatoms. The quantitative estimate of drug-likeness (QED) is 0.311. The maximum Gasteiger partial charge on any atom is 4.00 e. The summed E-state index contributed by atoms with van der Waals surface area (Å²) < 4.78 is 0. The maximum absolute atomic E-state index is 2.44. The Kier molecular flexibility index (Phi) is 16.5. The Morgan fingerprint density at radius 2 is 1.73 bits per heavy atom. The van der Waals surface area contributed by atoms with Crippen LogP contribution in [-0.2, 0) is 21.7 Å². The number of hydrogen-bond donors (Lipinski definition) is 0. The van der Waals surface area contributed by atoms with Gasteiger partial charge in [0.2, 0.25) is 0 Å². The molecular weight excluding hydrogens is 462 g/mol. The van der Waals surface area contributed by atoms with Gasteiger partial charge in [0.15, 0.2) is 0 Å². The fourth-order valence-corrected chi connectivity index (χ4v) is 6.83. The molecule has 0 N–H and O–H groups in total. The summed E-state index contributed by atoms with van der Waals surface area (Å²) in [7, 11) is 0.0856. The summed E-state index contributed by atoms with van der Waals surface area (Å²) in [5.41, 5.74) is 1.58. The van der Waals surface area contributed by atoms with Crippen molar-refractivity contribution in [3.8, 4) is 0 Å². The molecule has 0 saturated heterocycles. The zero-order valence-corrected chi connectivity index (χ0v) is 22.4. The van der Waals surface area contributed by atoms with E-state index in [1.807, 2.05) is 0 Å². The molecule has 1 atom stereocenters. The molecule has 30 heavy (non-hydrogen) atoms. The molecule has 0 radical (unpaired) electrons. The fraction of sp³-hybridized carbons (Fsp3) is 0.462. The number of benzene rings is 1. The molecule has 0 aliphatic heterocycles. The minimum absolute atomic E-state index is 0. The first-order valence-corrected chi connectivity index (χ1v) is 12.6. The van der Waals surface area contributed by atoms with Gasteiger partial charge in [0.05, 0.1) is 0 Å². The third-order valence-corrected chi connectivity index (χ3v) is 8.44. The topological polar surface area (TPSA) is 0 Å². The summed E-state index contributed by atoms with van der Waals surface area (Å²) in [5, 5.41) is 4.48. The van der Waals surface area contributed by atoms with Gasteiger partial charge in [0.25, 0.3) is 0 Å². The molecule has 0 nitrogen and oxygen atoms in total. The Morgan fingerprint density at radius 3 is 2.37 bits per heavy atom. The molecule has 0 bridgehead atoms. The average molecular weight is 497 g/mol. The van der Waals surface area contributed by atoms with Crippen molar-refractivity contribution < 1.29 is 46.5 Å². The second-order valence-electron chi connectivity index (χ2n) is 7.85. The van der Waals surface area contributed by atoms with E-state index in [-0.39, 0.29) is 54.5 Å². The Balaban J connectivity index is 0.000000597. The molecular formula is C26H35Cl2PTi. The van der Waals surface area contributed by atoms with E-state index < -0.39 is 0 Å². The standard InChI is InChI=1S/C17H24P.C9H11.2ClH.Ti/c1-3-5-11-18(12-6-4-2)17-13-15-9-7-8-10-16(15)14-17;1-2-5-9-7-3-6-8(9)4-1;;;/h7-10,13-14H,3-6,11-12H2,1-2H3;1-2,4,6,9H,3,5,7H2;2*1H;/q2*-1;;;+4/p-2. The number of hydrogen-bond acceptors (Lipinski definition) is 0. The van der Waals surface area contributed by atoms with Crippen LogP contribution in [0.5, 0.6) is 0 Å². The van der Waals surface area contributed by atoms with Crippen molar-refractivity contribution in [2.75, 3.05) is 12.3 Å². The molecule has 0 spiro atoms. The molecule has 2 aromatic rings. The van der Waals surface area contributed by atoms with Gasteiger partial charge in [-0.1, -0.05) is 47.1 Å². The maximum atomic E-state index is 2.44. The number of rotatable bonds is 7. The second kappa shape index (κ2) is 16.5.